The molecule has 28 heavy (non-hydrogen) atoms. The number of benzene rings is 2. The second-order valence-electron chi connectivity index (χ2n) is 9.94. The molecule has 4 bridgehead atoms. The van der Waals surface area contributed by atoms with Gasteiger partial charge in [-0.05, 0) is 72.8 Å². The Hall–Kier alpha value is -1.64. The molecule has 6 rings (SSSR count). The van der Waals surface area contributed by atoms with Gasteiger partial charge in [-0.1, -0.05) is 60.7 Å². The van der Waals surface area contributed by atoms with Gasteiger partial charge >= 0.3 is 0 Å². The monoisotopic (exact) mass is 375 g/mol. The Kier molecular flexibility index (Phi) is 5.02. The zero-order valence-electron chi connectivity index (χ0n) is 16.8. The van der Waals surface area contributed by atoms with E-state index in [1.54, 1.807) is 0 Å². The van der Waals surface area contributed by atoms with E-state index in [4.69, 9.17) is 0 Å². The summed E-state index contributed by atoms with van der Waals surface area (Å²) in [4.78, 5) is 2.47. The van der Waals surface area contributed by atoms with Crippen molar-refractivity contribution in [2.75, 3.05) is 6.54 Å². The molecule has 1 unspecified atom stereocenters. The van der Waals surface area contributed by atoms with Crippen molar-refractivity contribution in [1.82, 2.24) is 4.90 Å². The van der Waals surface area contributed by atoms with Crippen LogP contribution < -0.4 is 0 Å². The van der Waals surface area contributed by atoms with Gasteiger partial charge in [0.05, 0.1) is 6.10 Å². The minimum Gasteiger partial charge on any atom is -0.391 e. The van der Waals surface area contributed by atoms with E-state index in [1.807, 2.05) is 0 Å². The van der Waals surface area contributed by atoms with Crippen LogP contribution in [0.5, 0.6) is 0 Å². The van der Waals surface area contributed by atoms with Gasteiger partial charge in [0.25, 0.3) is 0 Å². The molecular weight excluding hydrogens is 342 g/mol. The van der Waals surface area contributed by atoms with Crippen LogP contribution >= 0.6 is 0 Å². The van der Waals surface area contributed by atoms with Gasteiger partial charge in [-0.25, -0.2) is 0 Å². The summed E-state index contributed by atoms with van der Waals surface area (Å²) in [6.45, 7) is 2.59. The van der Waals surface area contributed by atoms with Gasteiger partial charge in [-0.2, -0.15) is 0 Å². The molecule has 4 aliphatic rings. The van der Waals surface area contributed by atoms with Crippen molar-refractivity contribution in [2.45, 2.75) is 57.7 Å². The molecule has 4 saturated carbocycles. The van der Waals surface area contributed by atoms with Crippen LogP contribution in [-0.2, 0) is 13.1 Å². The van der Waals surface area contributed by atoms with Crippen LogP contribution in [0.3, 0.4) is 0 Å². The van der Waals surface area contributed by atoms with E-state index in [0.717, 1.165) is 37.4 Å². The number of hydrogen-bond acceptors (Lipinski definition) is 2. The van der Waals surface area contributed by atoms with E-state index in [1.165, 1.54) is 49.7 Å². The number of aliphatic hydroxyl groups excluding tert-OH is 1. The molecule has 1 atom stereocenters. The van der Waals surface area contributed by atoms with Crippen molar-refractivity contribution in [1.29, 1.82) is 0 Å². The molecule has 2 aromatic carbocycles. The maximum absolute atomic E-state index is 11.5. The number of aliphatic hydroxyl groups is 1. The zero-order chi connectivity index (χ0) is 19.0. The van der Waals surface area contributed by atoms with E-state index in [0.29, 0.717) is 0 Å². The van der Waals surface area contributed by atoms with Gasteiger partial charge in [0, 0.05) is 19.6 Å². The zero-order valence-corrected chi connectivity index (χ0v) is 16.8. The van der Waals surface area contributed by atoms with Gasteiger partial charge < -0.3 is 5.11 Å². The molecule has 0 heterocycles. The van der Waals surface area contributed by atoms with Crippen LogP contribution in [0.1, 0.15) is 49.7 Å². The smallest absolute Gasteiger partial charge is 0.0723 e. The lowest BCUT2D eigenvalue weighted by Crippen LogP contribution is -2.54. The molecule has 0 spiro atoms. The number of hydrogen-bond donors (Lipinski definition) is 1. The third-order valence-electron chi connectivity index (χ3n) is 7.72. The molecule has 0 amide bonds. The lowest BCUT2D eigenvalue weighted by atomic mass is 9.48. The van der Waals surface area contributed by atoms with Crippen molar-refractivity contribution in [3.63, 3.8) is 0 Å². The summed E-state index contributed by atoms with van der Waals surface area (Å²) < 4.78 is 0. The van der Waals surface area contributed by atoms with Crippen molar-refractivity contribution >= 4 is 0 Å². The third-order valence-corrected chi connectivity index (χ3v) is 7.72. The van der Waals surface area contributed by atoms with Gasteiger partial charge in [-0.15, -0.1) is 0 Å². The van der Waals surface area contributed by atoms with E-state index in [9.17, 15) is 5.11 Å². The molecule has 0 aromatic heterocycles. The molecule has 2 aromatic rings. The van der Waals surface area contributed by atoms with Crippen LogP contribution in [0.25, 0.3) is 0 Å². The van der Waals surface area contributed by atoms with Crippen molar-refractivity contribution < 1.29 is 5.11 Å². The maximum Gasteiger partial charge on any atom is 0.0723 e. The Balaban J connectivity index is 1.33. The first-order valence-corrected chi connectivity index (χ1v) is 11.2. The quantitative estimate of drug-likeness (QED) is 0.713. The fourth-order valence-corrected chi connectivity index (χ4v) is 6.89. The van der Waals surface area contributed by atoms with E-state index < -0.39 is 0 Å². The lowest BCUT2D eigenvalue weighted by molar-refractivity contribution is -0.127. The highest BCUT2D eigenvalue weighted by Gasteiger charge is 2.54. The summed E-state index contributed by atoms with van der Waals surface area (Å²) >= 11 is 0. The molecule has 2 heteroatoms. The Morgan fingerprint density at radius 2 is 1.18 bits per heavy atom. The predicted molar refractivity (Wildman–Crippen MR) is 114 cm³/mol. The van der Waals surface area contributed by atoms with E-state index >= 15 is 0 Å². The SMILES string of the molecule is OC(CN(Cc1ccccc1)Cc1ccccc1)C12CC3CC(CC(C3)C1)C2. The second-order valence-corrected chi connectivity index (χ2v) is 9.94. The van der Waals surface area contributed by atoms with Crippen molar-refractivity contribution in [3.05, 3.63) is 71.8 Å². The third kappa shape index (κ3) is 3.77. The van der Waals surface area contributed by atoms with Gasteiger partial charge in [0.1, 0.15) is 0 Å². The summed E-state index contributed by atoms with van der Waals surface area (Å²) in [5, 5.41) is 11.5. The summed E-state index contributed by atoms with van der Waals surface area (Å²) in [7, 11) is 0. The summed E-state index contributed by atoms with van der Waals surface area (Å²) in [5.41, 5.74) is 2.85. The molecule has 4 aliphatic carbocycles. The molecule has 1 N–H and O–H groups in total. The summed E-state index contributed by atoms with van der Waals surface area (Å²) in [6, 6.07) is 21.4. The first-order valence-electron chi connectivity index (χ1n) is 11.2. The van der Waals surface area contributed by atoms with Crippen LogP contribution in [-0.4, -0.2) is 22.7 Å². The normalized spacial score (nSPS) is 32.0. The summed E-state index contributed by atoms with van der Waals surface area (Å²) in [6.07, 6.45) is 7.91. The fraction of sp³-hybridized carbons (Fsp3) is 0.538. The van der Waals surface area contributed by atoms with Gasteiger partial charge in [-0.3, -0.25) is 4.90 Å². The van der Waals surface area contributed by atoms with Crippen LogP contribution in [0.15, 0.2) is 60.7 Å². The molecule has 2 nitrogen and oxygen atoms in total. The Labute approximate surface area is 169 Å². The molecule has 0 radical (unpaired) electrons. The first kappa shape index (κ1) is 18.4. The van der Waals surface area contributed by atoms with Crippen LogP contribution in [0.2, 0.25) is 0 Å². The highest BCUT2D eigenvalue weighted by Crippen LogP contribution is 2.61. The first-order chi connectivity index (χ1) is 13.7. The molecule has 148 valence electrons. The topological polar surface area (TPSA) is 23.5 Å². The minimum atomic E-state index is -0.201. The van der Waals surface area contributed by atoms with Gasteiger partial charge in [0.2, 0.25) is 0 Å². The van der Waals surface area contributed by atoms with Crippen molar-refractivity contribution in [2.24, 2.45) is 23.2 Å². The lowest BCUT2D eigenvalue weighted by Gasteiger charge is -2.58. The Bertz CT molecular complexity index is 695. The highest BCUT2D eigenvalue weighted by atomic mass is 16.3. The predicted octanol–water partition coefficient (Wildman–Crippen LogP) is 5.27. The Morgan fingerprint density at radius 3 is 1.61 bits per heavy atom. The average molecular weight is 376 g/mol. The van der Waals surface area contributed by atoms with Crippen molar-refractivity contribution in [3.8, 4) is 0 Å². The van der Waals surface area contributed by atoms with Crippen LogP contribution in [0.4, 0.5) is 0 Å². The van der Waals surface area contributed by atoms with Crippen LogP contribution in [0, 0.1) is 23.2 Å². The molecule has 0 saturated heterocycles. The molecular formula is C26H33NO. The maximum atomic E-state index is 11.5. The fourth-order valence-electron chi connectivity index (χ4n) is 6.89. The second kappa shape index (κ2) is 7.65. The van der Waals surface area contributed by atoms with E-state index in [2.05, 4.69) is 65.6 Å². The Morgan fingerprint density at radius 1 is 0.750 bits per heavy atom. The highest BCUT2D eigenvalue weighted by molar-refractivity contribution is 5.17. The largest absolute Gasteiger partial charge is 0.391 e. The molecule has 0 aliphatic heterocycles. The van der Waals surface area contributed by atoms with Gasteiger partial charge in [0.15, 0.2) is 0 Å². The van der Waals surface area contributed by atoms with E-state index in [-0.39, 0.29) is 11.5 Å². The standard InChI is InChI=1S/C26H33NO/c28-25(26-14-22-11-23(15-26)13-24(12-22)16-26)19-27(17-20-7-3-1-4-8-20)18-21-9-5-2-6-10-21/h1-10,22-25,28H,11-19H2. The number of rotatable bonds is 7. The number of nitrogens with zero attached hydrogens (tertiary/aromatic N) is 1. The molecule has 4 fully saturated rings. The summed E-state index contributed by atoms with van der Waals surface area (Å²) in [5.74, 6) is 2.66. The minimum absolute atomic E-state index is 0.195. The average Bonchev–Trinajstić information content (AvgIpc) is 2.68.